The summed E-state index contributed by atoms with van der Waals surface area (Å²) in [4.78, 5) is 28.6. The fraction of sp³-hybridized carbons (Fsp3) is 0.231. The second-order valence-corrected chi connectivity index (χ2v) is 8.09. The minimum atomic E-state index is -0.230. The van der Waals surface area contributed by atoms with Crippen molar-refractivity contribution in [2.24, 2.45) is 0 Å². The number of amides is 3. The van der Waals surface area contributed by atoms with Crippen LogP contribution in [-0.2, 0) is 4.79 Å². The zero-order chi connectivity index (χ0) is 22.5. The van der Waals surface area contributed by atoms with Crippen molar-refractivity contribution >= 4 is 23.3 Å². The second kappa shape index (κ2) is 9.56. The van der Waals surface area contributed by atoms with Crippen molar-refractivity contribution in [2.45, 2.75) is 19.8 Å². The van der Waals surface area contributed by atoms with Crippen molar-refractivity contribution in [2.75, 3.05) is 29.9 Å². The van der Waals surface area contributed by atoms with Crippen molar-refractivity contribution in [1.82, 2.24) is 4.90 Å². The average molecular weight is 430 g/mol. The van der Waals surface area contributed by atoms with Crippen LogP contribution in [0.15, 0.2) is 78.9 Å². The van der Waals surface area contributed by atoms with Crippen molar-refractivity contribution < 1.29 is 14.3 Å². The number of hydrogen-bond donors (Lipinski definition) is 1. The number of carbonyl (C=O) groups excluding carboxylic acids is 2. The van der Waals surface area contributed by atoms with Gasteiger partial charge in [0, 0.05) is 24.5 Å². The number of para-hydroxylation sites is 1. The lowest BCUT2D eigenvalue weighted by atomic mass is 10.0. The third-order valence-electron chi connectivity index (χ3n) is 5.42. The van der Waals surface area contributed by atoms with E-state index in [1.54, 1.807) is 34.1 Å². The van der Waals surface area contributed by atoms with Gasteiger partial charge in [-0.3, -0.25) is 9.69 Å². The molecule has 1 aliphatic rings. The normalized spacial score (nSPS) is 13.5. The Balaban J connectivity index is 1.31. The first kappa shape index (κ1) is 21.4. The SMILES string of the molecule is CC(C)c1ccc(N2CCN(CC(=O)Nc3ccc(Oc4ccccc4)cc3)C2=O)cc1. The second-order valence-electron chi connectivity index (χ2n) is 8.09. The van der Waals surface area contributed by atoms with E-state index in [2.05, 4.69) is 19.2 Å². The largest absolute Gasteiger partial charge is 0.457 e. The van der Waals surface area contributed by atoms with Gasteiger partial charge >= 0.3 is 6.03 Å². The van der Waals surface area contributed by atoms with E-state index in [9.17, 15) is 9.59 Å². The third-order valence-corrected chi connectivity index (χ3v) is 5.42. The van der Waals surface area contributed by atoms with Gasteiger partial charge in [-0.05, 0) is 60.0 Å². The molecule has 0 atom stereocenters. The van der Waals surface area contributed by atoms with Gasteiger partial charge in [-0.15, -0.1) is 0 Å². The van der Waals surface area contributed by atoms with Gasteiger partial charge in [-0.2, -0.15) is 0 Å². The number of anilines is 2. The van der Waals surface area contributed by atoms with E-state index >= 15 is 0 Å². The Kier molecular flexibility index (Phi) is 6.40. The maximum atomic E-state index is 12.8. The van der Waals surface area contributed by atoms with Gasteiger partial charge in [-0.25, -0.2) is 4.79 Å². The Morgan fingerprint density at radius 1 is 0.906 bits per heavy atom. The predicted octanol–water partition coefficient (Wildman–Crippen LogP) is 5.48. The van der Waals surface area contributed by atoms with Gasteiger partial charge in [0.1, 0.15) is 18.0 Å². The molecule has 32 heavy (non-hydrogen) atoms. The summed E-state index contributed by atoms with van der Waals surface area (Å²) in [5.41, 5.74) is 2.75. The lowest BCUT2D eigenvalue weighted by Crippen LogP contribution is -2.37. The van der Waals surface area contributed by atoms with E-state index in [-0.39, 0.29) is 18.5 Å². The fourth-order valence-corrected chi connectivity index (χ4v) is 3.61. The van der Waals surface area contributed by atoms with Crippen molar-refractivity contribution in [3.63, 3.8) is 0 Å². The molecule has 1 aliphatic heterocycles. The van der Waals surface area contributed by atoms with Crippen LogP contribution in [0.25, 0.3) is 0 Å². The molecule has 1 fully saturated rings. The summed E-state index contributed by atoms with van der Waals surface area (Å²) >= 11 is 0. The van der Waals surface area contributed by atoms with Crippen LogP contribution in [-0.4, -0.2) is 36.5 Å². The Morgan fingerprint density at radius 3 is 2.22 bits per heavy atom. The number of carbonyl (C=O) groups is 2. The minimum absolute atomic E-state index is 0.0156. The van der Waals surface area contributed by atoms with Crippen LogP contribution in [0.3, 0.4) is 0 Å². The monoisotopic (exact) mass is 429 g/mol. The maximum absolute atomic E-state index is 12.8. The molecule has 0 radical (unpaired) electrons. The van der Waals surface area contributed by atoms with E-state index in [4.69, 9.17) is 4.74 Å². The van der Waals surface area contributed by atoms with E-state index in [1.807, 2.05) is 54.6 Å². The molecular formula is C26H27N3O3. The molecule has 6 nitrogen and oxygen atoms in total. The predicted molar refractivity (Wildman–Crippen MR) is 126 cm³/mol. The van der Waals surface area contributed by atoms with Crippen molar-refractivity contribution in [1.29, 1.82) is 0 Å². The molecule has 3 aromatic rings. The van der Waals surface area contributed by atoms with Crippen LogP contribution >= 0.6 is 0 Å². The quantitative estimate of drug-likeness (QED) is 0.541. The highest BCUT2D eigenvalue weighted by Crippen LogP contribution is 2.24. The smallest absolute Gasteiger partial charge is 0.325 e. The van der Waals surface area contributed by atoms with Crippen molar-refractivity contribution in [3.8, 4) is 11.5 Å². The number of urea groups is 1. The maximum Gasteiger partial charge on any atom is 0.325 e. The fourth-order valence-electron chi connectivity index (χ4n) is 3.61. The zero-order valence-corrected chi connectivity index (χ0v) is 18.3. The lowest BCUT2D eigenvalue weighted by molar-refractivity contribution is -0.116. The number of ether oxygens (including phenoxy) is 1. The molecule has 0 bridgehead atoms. The molecule has 0 aliphatic carbocycles. The Hall–Kier alpha value is -3.80. The lowest BCUT2D eigenvalue weighted by Gasteiger charge is -2.19. The first-order chi connectivity index (χ1) is 15.5. The zero-order valence-electron chi connectivity index (χ0n) is 18.3. The third kappa shape index (κ3) is 5.09. The summed E-state index contributed by atoms with van der Waals surface area (Å²) in [6.07, 6.45) is 0. The Morgan fingerprint density at radius 2 is 1.56 bits per heavy atom. The molecule has 6 heteroatoms. The van der Waals surface area contributed by atoms with Crippen LogP contribution < -0.4 is 15.0 Å². The highest BCUT2D eigenvalue weighted by molar-refractivity contribution is 5.99. The summed E-state index contributed by atoms with van der Waals surface area (Å²) in [5.74, 6) is 1.65. The molecule has 4 rings (SSSR count). The summed E-state index contributed by atoms with van der Waals surface area (Å²) in [6.45, 7) is 5.38. The van der Waals surface area contributed by atoms with Crippen molar-refractivity contribution in [3.05, 3.63) is 84.4 Å². The van der Waals surface area contributed by atoms with E-state index in [0.717, 1.165) is 11.4 Å². The van der Waals surface area contributed by atoms with E-state index in [0.29, 0.717) is 30.4 Å². The summed E-state index contributed by atoms with van der Waals surface area (Å²) in [7, 11) is 0. The summed E-state index contributed by atoms with van der Waals surface area (Å²) < 4.78 is 5.76. The minimum Gasteiger partial charge on any atom is -0.457 e. The Labute approximate surface area is 188 Å². The van der Waals surface area contributed by atoms with Gasteiger partial charge in [0.25, 0.3) is 0 Å². The number of benzene rings is 3. The number of rotatable bonds is 7. The van der Waals surface area contributed by atoms with Crippen LogP contribution in [0.5, 0.6) is 11.5 Å². The van der Waals surface area contributed by atoms with Gasteiger partial charge in [0.05, 0.1) is 0 Å². The molecule has 3 aromatic carbocycles. The summed E-state index contributed by atoms with van der Waals surface area (Å²) in [6, 6.07) is 24.6. The highest BCUT2D eigenvalue weighted by Gasteiger charge is 2.30. The molecule has 0 saturated carbocycles. The molecule has 164 valence electrons. The van der Waals surface area contributed by atoms with Gasteiger partial charge < -0.3 is 15.0 Å². The molecule has 0 unspecified atom stereocenters. The molecule has 3 amide bonds. The number of hydrogen-bond acceptors (Lipinski definition) is 3. The summed E-state index contributed by atoms with van der Waals surface area (Å²) in [5, 5.41) is 2.85. The molecule has 1 heterocycles. The number of nitrogens with one attached hydrogen (secondary N) is 1. The van der Waals surface area contributed by atoms with Crippen LogP contribution in [0.4, 0.5) is 16.2 Å². The van der Waals surface area contributed by atoms with Crippen LogP contribution in [0, 0.1) is 0 Å². The van der Waals surface area contributed by atoms with Gasteiger partial charge in [-0.1, -0.05) is 44.2 Å². The van der Waals surface area contributed by atoms with E-state index in [1.165, 1.54) is 5.56 Å². The highest BCUT2D eigenvalue weighted by atomic mass is 16.5. The first-order valence-electron chi connectivity index (χ1n) is 10.8. The molecule has 0 aromatic heterocycles. The number of nitrogens with zero attached hydrogens (tertiary/aromatic N) is 2. The van der Waals surface area contributed by atoms with Crippen LogP contribution in [0.2, 0.25) is 0 Å². The van der Waals surface area contributed by atoms with Gasteiger partial charge in [0.2, 0.25) is 5.91 Å². The average Bonchev–Trinajstić information content (AvgIpc) is 3.15. The standard InChI is InChI=1S/C26H27N3O3/c1-19(2)20-8-12-22(13-9-20)29-17-16-28(26(29)31)18-25(30)27-21-10-14-24(15-11-21)32-23-6-4-3-5-7-23/h3-15,19H,16-18H2,1-2H3,(H,27,30). The molecule has 1 N–H and O–H groups in total. The molecule has 0 spiro atoms. The van der Waals surface area contributed by atoms with Gasteiger partial charge in [0.15, 0.2) is 0 Å². The molecular weight excluding hydrogens is 402 g/mol. The van der Waals surface area contributed by atoms with E-state index < -0.39 is 0 Å². The topological polar surface area (TPSA) is 61.9 Å². The van der Waals surface area contributed by atoms with Crippen LogP contribution in [0.1, 0.15) is 25.3 Å². The first-order valence-corrected chi connectivity index (χ1v) is 10.8. The Bertz CT molecular complexity index is 1060. The molecule has 1 saturated heterocycles.